The Kier molecular flexibility index (Phi) is 4.68. The predicted molar refractivity (Wildman–Crippen MR) is 92.7 cm³/mol. The Morgan fingerprint density at radius 3 is 2.81 bits per heavy atom. The SMILES string of the molecule is NC1c2ccccc2CCCC1Cc1ccc(Br)cc1Cl. The molecule has 0 saturated carbocycles. The zero-order valence-electron chi connectivity index (χ0n) is 11.9. The summed E-state index contributed by atoms with van der Waals surface area (Å²) in [6, 6.07) is 14.8. The molecule has 2 aromatic carbocycles. The number of rotatable bonds is 2. The summed E-state index contributed by atoms with van der Waals surface area (Å²) in [5, 5.41) is 0.828. The van der Waals surface area contributed by atoms with E-state index in [1.165, 1.54) is 23.1 Å². The van der Waals surface area contributed by atoms with Crippen LogP contribution in [0.15, 0.2) is 46.9 Å². The summed E-state index contributed by atoms with van der Waals surface area (Å²) in [6.07, 6.45) is 4.43. The van der Waals surface area contributed by atoms with Gasteiger partial charge in [0.1, 0.15) is 0 Å². The van der Waals surface area contributed by atoms with E-state index in [0.717, 1.165) is 28.8 Å². The van der Waals surface area contributed by atoms with Gasteiger partial charge in [-0.25, -0.2) is 0 Å². The van der Waals surface area contributed by atoms with E-state index < -0.39 is 0 Å². The first-order chi connectivity index (χ1) is 10.1. The third-order valence-corrected chi connectivity index (χ3v) is 5.29. The smallest absolute Gasteiger partial charge is 0.0449 e. The molecule has 0 radical (unpaired) electrons. The molecule has 1 aliphatic carbocycles. The molecule has 0 heterocycles. The molecule has 0 aromatic heterocycles. The molecule has 2 aromatic rings. The van der Waals surface area contributed by atoms with Crippen molar-refractivity contribution in [2.75, 3.05) is 0 Å². The summed E-state index contributed by atoms with van der Waals surface area (Å²) < 4.78 is 1.02. The Morgan fingerprint density at radius 2 is 2.00 bits per heavy atom. The molecule has 0 saturated heterocycles. The Labute approximate surface area is 139 Å². The largest absolute Gasteiger partial charge is 0.324 e. The number of hydrogen-bond acceptors (Lipinski definition) is 1. The lowest BCUT2D eigenvalue weighted by atomic mass is 9.86. The lowest BCUT2D eigenvalue weighted by molar-refractivity contribution is 0.402. The molecule has 0 bridgehead atoms. The van der Waals surface area contributed by atoms with Crippen LogP contribution in [0.3, 0.4) is 0 Å². The van der Waals surface area contributed by atoms with Gasteiger partial charge in [0.25, 0.3) is 0 Å². The molecule has 2 N–H and O–H groups in total. The number of aryl methyl sites for hydroxylation is 1. The summed E-state index contributed by atoms with van der Waals surface area (Å²) in [6.45, 7) is 0. The molecule has 0 fully saturated rings. The monoisotopic (exact) mass is 363 g/mol. The molecule has 1 nitrogen and oxygen atoms in total. The van der Waals surface area contributed by atoms with Gasteiger partial charge >= 0.3 is 0 Å². The van der Waals surface area contributed by atoms with E-state index in [4.69, 9.17) is 17.3 Å². The number of hydrogen-bond donors (Lipinski definition) is 1. The molecule has 1 aliphatic rings. The fourth-order valence-electron chi connectivity index (χ4n) is 3.27. The van der Waals surface area contributed by atoms with Gasteiger partial charge in [0.15, 0.2) is 0 Å². The topological polar surface area (TPSA) is 26.0 Å². The van der Waals surface area contributed by atoms with E-state index in [2.05, 4.69) is 52.3 Å². The fourth-order valence-corrected chi connectivity index (χ4v) is 4.02. The molecule has 3 heteroatoms. The fraction of sp³-hybridized carbons (Fsp3) is 0.333. The van der Waals surface area contributed by atoms with E-state index in [9.17, 15) is 0 Å². The number of fused-ring (bicyclic) bond motifs is 1. The van der Waals surface area contributed by atoms with Crippen LogP contribution in [0.25, 0.3) is 0 Å². The highest BCUT2D eigenvalue weighted by Crippen LogP contribution is 2.35. The van der Waals surface area contributed by atoms with Gasteiger partial charge in [-0.1, -0.05) is 57.9 Å². The Morgan fingerprint density at radius 1 is 1.19 bits per heavy atom. The first-order valence-corrected chi connectivity index (χ1v) is 8.59. The van der Waals surface area contributed by atoms with E-state index >= 15 is 0 Å². The maximum atomic E-state index is 6.57. The molecule has 0 amide bonds. The maximum absolute atomic E-state index is 6.57. The molecule has 2 atom stereocenters. The Bertz CT molecular complexity index is 641. The van der Waals surface area contributed by atoms with Gasteiger partial charge in [-0.05, 0) is 60.4 Å². The second-order valence-electron chi connectivity index (χ2n) is 5.82. The van der Waals surface area contributed by atoms with Crippen LogP contribution in [-0.4, -0.2) is 0 Å². The minimum absolute atomic E-state index is 0.100. The Hall–Kier alpha value is -0.830. The summed E-state index contributed by atoms with van der Waals surface area (Å²) in [4.78, 5) is 0. The van der Waals surface area contributed by atoms with Crippen molar-refractivity contribution in [2.45, 2.75) is 31.7 Å². The van der Waals surface area contributed by atoms with Crippen molar-refractivity contribution in [3.05, 3.63) is 68.7 Å². The number of benzene rings is 2. The van der Waals surface area contributed by atoms with Crippen LogP contribution >= 0.6 is 27.5 Å². The zero-order valence-corrected chi connectivity index (χ0v) is 14.2. The van der Waals surface area contributed by atoms with Crippen molar-refractivity contribution in [3.63, 3.8) is 0 Å². The van der Waals surface area contributed by atoms with E-state index in [1.807, 2.05) is 6.07 Å². The van der Waals surface area contributed by atoms with Crippen LogP contribution in [0.5, 0.6) is 0 Å². The third-order valence-electron chi connectivity index (χ3n) is 4.44. The lowest BCUT2D eigenvalue weighted by Crippen LogP contribution is -2.23. The third kappa shape index (κ3) is 3.33. The highest BCUT2D eigenvalue weighted by Gasteiger charge is 2.25. The highest BCUT2D eigenvalue weighted by atomic mass is 79.9. The van der Waals surface area contributed by atoms with Crippen molar-refractivity contribution < 1.29 is 0 Å². The van der Waals surface area contributed by atoms with Crippen molar-refractivity contribution in [1.29, 1.82) is 0 Å². The van der Waals surface area contributed by atoms with Crippen molar-refractivity contribution >= 4 is 27.5 Å². The number of halogens is 2. The zero-order chi connectivity index (χ0) is 14.8. The summed E-state index contributed by atoms with van der Waals surface area (Å²) in [5.41, 5.74) is 10.5. The number of nitrogens with two attached hydrogens (primary N) is 1. The molecular weight excluding hydrogens is 346 g/mol. The van der Waals surface area contributed by atoms with Crippen LogP contribution in [-0.2, 0) is 12.8 Å². The summed E-state index contributed by atoms with van der Waals surface area (Å²) >= 11 is 9.82. The van der Waals surface area contributed by atoms with Crippen LogP contribution in [0.2, 0.25) is 5.02 Å². The van der Waals surface area contributed by atoms with Gasteiger partial charge in [0, 0.05) is 15.5 Å². The molecule has 0 aliphatic heterocycles. The van der Waals surface area contributed by atoms with Gasteiger partial charge in [-0.2, -0.15) is 0 Å². The first kappa shape index (κ1) is 15.1. The molecule has 21 heavy (non-hydrogen) atoms. The van der Waals surface area contributed by atoms with Gasteiger partial charge < -0.3 is 5.73 Å². The molecule has 2 unspecified atom stereocenters. The van der Waals surface area contributed by atoms with Crippen LogP contribution < -0.4 is 5.73 Å². The minimum Gasteiger partial charge on any atom is -0.324 e. The maximum Gasteiger partial charge on any atom is 0.0449 e. The van der Waals surface area contributed by atoms with Crippen molar-refractivity contribution in [2.24, 2.45) is 11.7 Å². The molecule has 110 valence electrons. The highest BCUT2D eigenvalue weighted by molar-refractivity contribution is 9.10. The second-order valence-corrected chi connectivity index (χ2v) is 7.14. The van der Waals surface area contributed by atoms with Crippen molar-refractivity contribution in [1.82, 2.24) is 0 Å². The van der Waals surface area contributed by atoms with E-state index in [0.29, 0.717) is 5.92 Å². The van der Waals surface area contributed by atoms with Crippen LogP contribution in [0, 0.1) is 5.92 Å². The average molecular weight is 365 g/mol. The summed E-state index contributed by atoms with van der Waals surface area (Å²) in [7, 11) is 0. The quantitative estimate of drug-likeness (QED) is 0.719. The van der Waals surface area contributed by atoms with E-state index in [1.54, 1.807) is 0 Å². The first-order valence-electron chi connectivity index (χ1n) is 7.42. The molecule has 3 rings (SSSR count). The minimum atomic E-state index is 0.100. The van der Waals surface area contributed by atoms with Crippen molar-refractivity contribution in [3.8, 4) is 0 Å². The second kappa shape index (κ2) is 6.51. The van der Waals surface area contributed by atoms with Gasteiger partial charge in [-0.15, -0.1) is 0 Å². The standard InChI is InChI=1S/C18H19BrClN/c19-15-9-8-13(17(20)11-15)10-14-6-3-5-12-4-1-2-7-16(12)18(14)21/h1-2,4,7-9,11,14,18H,3,5-6,10,21H2. The van der Waals surface area contributed by atoms with Gasteiger partial charge in [-0.3, -0.25) is 0 Å². The lowest BCUT2D eigenvalue weighted by Gasteiger charge is -2.23. The normalized spacial score (nSPS) is 21.7. The van der Waals surface area contributed by atoms with Gasteiger partial charge in [0.2, 0.25) is 0 Å². The van der Waals surface area contributed by atoms with Crippen LogP contribution in [0.1, 0.15) is 35.6 Å². The molecular formula is C18H19BrClN. The van der Waals surface area contributed by atoms with Gasteiger partial charge in [0.05, 0.1) is 0 Å². The van der Waals surface area contributed by atoms with Crippen LogP contribution in [0.4, 0.5) is 0 Å². The summed E-state index contributed by atoms with van der Waals surface area (Å²) in [5.74, 6) is 0.451. The van der Waals surface area contributed by atoms with E-state index in [-0.39, 0.29) is 6.04 Å². The molecule has 0 spiro atoms. The average Bonchev–Trinajstić information content (AvgIpc) is 2.63. The predicted octanol–water partition coefficient (Wildman–Crippen LogP) is 5.30. The Balaban J connectivity index is 1.86.